The van der Waals surface area contributed by atoms with E-state index in [0.29, 0.717) is 5.56 Å². The van der Waals surface area contributed by atoms with Gasteiger partial charge in [-0.15, -0.1) is 0 Å². The fourth-order valence-electron chi connectivity index (χ4n) is 2.82. The molecule has 0 radical (unpaired) electrons. The first kappa shape index (κ1) is 13.4. The second kappa shape index (κ2) is 5.41. The Kier molecular flexibility index (Phi) is 3.44. The van der Waals surface area contributed by atoms with Crippen molar-refractivity contribution in [2.75, 3.05) is 11.9 Å². The van der Waals surface area contributed by atoms with E-state index in [1.165, 1.54) is 16.3 Å². The molecule has 3 aromatic carbocycles. The maximum atomic E-state index is 11.3. The lowest BCUT2D eigenvalue weighted by Gasteiger charge is -2.24. The number of para-hydroxylation sites is 1. The highest BCUT2D eigenvalue weighted by Gasteiger charge is 2.13. The molecule has 0 fully saturated rings. The lowest BCUT2D eigenvalue weighted by molar-refractivity contribution is 0.112. The summed E-state index contributed by atoms with van der Waals surface area (Å²) in [6.07, 6.45) is 0.909. The summed E-state index contributed by atoms with van der Waals surface area (Å²) in [5.74, 6) is 0. The topological polar surface area (TPSA) is 20.3 Å². The Morgan fingerprint density at radius 2 is 1.62 bits per heavy atom. The molecule has 0 unspecified atom stereocenters. The van der Waals surface area contributed by atoms with E-state index in [1.807, 2.05) is 43.4 Å². The molecule has 0 bridgehead atoms. The molecule has 3 aromatic rings. The quantitative estimate of drug-likeness (QED) is 0.644. The molecule has 2 nitrogen and oxygen atoms in total. The average Bonchev–Trinajstić information content (AvgIpc) is 2.54. The van der Waals surface area contributed by atoms with Crippen LogP contribution in [0, 0.1) is 6.92 Å². The van der Waals surface area contributed by atoms with Gasteiger partial charge in [0.25, 0.3) is 0 Å². The molecule has 0 atom stereocenters. The van der Waals surface area contributed by atoms with Crippen LogP contribution >= 0.6 is 0 Å². The Bertz CT molecular complexity index is 808. The third kappa shape index (κ3) is 2.29. The molecule has 0 saturated carbocycles. The predicted molar refractivity (Wildman–Crippen MR) is 88.6 cm³/mol. The number of anilines is 2. The third-order valence-electron chi connectivity index (χ3n) is 3.86. The Hall–Kier alpha value is -2.61. The minimum absolute atomic E-state index is 0.701. The van der Waals surface area contributed by atoms with Crippen molar-refractivity contribution in [3.63, 3.8) is 0 Å². The summed E-state index contributed by atoms with van der Waals surface area (Å²) in [7, 11) is 2.01. The first-order valence-corrected chi connectivity index (χ1v) is 6.98. The van der Waals surface area contributed by atoms with Crippen LogP contribution in [0.1, 0.15) is 15.9 Å². The van der Waals surface area contributed by atoms with Gasteiger partial charge in [-0.1, -0.05) is 48.5 Å². The van der Waals surface area contributed by atoms with Gasteiger partial charge in [0.05, 0.1) is 11.4 Å². The van der Waals surface area contributed by atoms with Gasteiger partial charge in [0.15, 0.2) is 6.29 Å². The molecule has 2 heteroatoms. The standard InChI is InChI=1S/C19H17NO/c1-14-11-12-15-7-3-5-9-17(15)19(14)20(2)18-10-6-4-8-16(18)13-21/h3-13H,1-2H3. The summed E-state index contributed by atoms with van der Waals surface area (Å²) >= 11 is 0. The van der Waals surface area contributed by atoms with Gasteiger partial charge >= 0.3 is 0 Å². The van der Waals surface area contributed by atoms with Crippen molar-refractivity contribution >= 4 is 28.4 Å². The molecule has 0 spiro atoms. The number of benzene rings is 3. The van der Waals surface area contributed by atoms with E-state index in [1.54, 1.807) is 0 Å². The van der Waals surface area contributed by atoms with Gasteiger partial charge in [0.2, 0.25) is 0 Å². The van der Waals surface area contributed by atoms with Crippen molar-refractivity contribution in [3.05, 3.63) is 71.8 Å². The van der Waals surface area contributed by atoms with Crippen LogP contribution in [0.5, 0.6) is 0 Å². The highest BCUT2D eigenvalue weighted by molar-refractivity contribution is 5.99. The minimum atomic E-state index is 0.701. The first-order valence-electron chi connectivity index (χ1n) is 6.98. The summed E-state index contributed by atoms with van der Waals surface area (Å²) in [6.45, 7) is 2.10. The van der Waals surface area contributed by atoms with E-state index in [-0.39, 0.29) is 0 Å². The Morgan fingerprint density at radius 1 is 0.905 bits per heavy atom. The van der Waals surface area contributed by atoms with Gasteiger partial charge in [-0.05, 0) is 30.0 Å². The second-order valence-electron chi connectivity index (χ2n) is 5.19. The molecule has 21 heavy (non-hydrogen) atoms. The Labute approximate surface area is 124 Å². The van der Waals surface area contributed by atoms with Crippen LogP contribution < -0.4 is 4.90 Å². The van der Waals surface area contributed by atoms with Crippen LogP contribution in [0.2, 0.25) is 0 Å². The van der Waals surface area contributed by atoms with Crippen LogP contribution in [-0.4, -0.2) is 13.3 Å². The lowest BCUT2D eigenvalue weighted by Crippen LogP contribution is -2.13. The molecule has 0 aliphatic carbocycles. The van der Waals surface area contributed by atoms with Gasteiger partial charge in [-0.3, -0.25) is 4.79 Å². The van der Waals surface area contributed by atoms with Crippen LogP contribution in [0.4, 0.5) is 11.4 Å². The molecule has 0 N–H and O–H groups in total. The zero-order chi connectivity index (χ0) is 14.8. The van der Waals surface area contributed by atoms with Gasteiger partial charge in [0, 0.05) is 18.0 Å². The SMILES string of the molecule is Cc1ccc2ccccc2c1N(C)c1ccccc1C=O. The Morgan fingerprint density at radius 3 is 2.43 bits per heavy atom. The normalized spacial score (nSPS) is 10.6. The minimum Gasteiger partial charge on any atom is -0.343 e. The molecule has 0 aliphatic heterocycles. The molecule has 0 amide bonds. The highest BCUT2D eigenvalue weighted by atomic mass is 16.1. The van der Waals surface area contributed by atoms with Crippen LogP contribution in [0.15, 0.2) is 60.7 Å². The fraction of sp³-hybridized carbons (Fsp3) is 0.105. The maximum Gasteiger partial charge on any atom is 0.152 e. The second-order valence-corrected chi connectivity index (χ2v) is 5.19. The number of aldehydes is 1. The number of hydrogen-bond acceptors (Lipinski definition) is 2. The maximum absolute atomic E-state index is 11.3. The van der Waals surface area contributed by atoms with Crippen molar-refractivity contribution in [3.8, 4) is 0 Å². The van der Waals surface area contributed by atoms with Crippen LogP contribution in [0.25, 0.3) is 10.8 Å². The van der Waals surface area contributed by atoms with Crippen molar-refractivity contribution in [1.82, 2.24) is 0 Å². The summed E-state index contributed by atoms with van der Waals surface area (Å²) in [4.78, 5) is 13.4. The number of hydrogen-bond donors (Lipinski definition) is 0. The molecule has 104 valence electrons. The zero-order valence-electron chi connectivity index (χ0n) is 12.2. The van der Waals surface area contributed by atoms with Crippen LogP contribution in [-0.2, 0) is 0 Å². The van der Waals surface area contributed by atoms with Gasteiger partial charge in [-0.25, -0.2) is 0 Å². The lowest BCUT2D eigenvalue weighted by atomic mass is 10.0. The predicted octanol–water partition coefficient (Wildman–Crippen LogP) is 4.73. The van der Waals surface area contributed by atoms with E-state index >= 15 is 0 Å². The summed E-state index contributed by atoms with van der Waals surface area (Å²) in [5.41, 5.74) is 3.96. The largest absolute Gasteiger partial charge is 0.343 e. The van der Waals surface area contributed by atoms with E-state index in [4.69, 9.17) is 0 Å². The number of carbonyl (C=O) groups excluding carboxylic acids is 1. The molecule has 0 aromatic heterocycles. The van der Waals surface area contributed by atoms with Gasteiger partial charge < -0.3 is 4.90 Å². The molecule has 0 heterocycles. The summed E-state index contributed by atoms with van der Waals surface area (Å²) in [5, 5.41) is 2.40. The first-order chi connectivity index (χ1) is 10.2. The number of fused-ring (bicyclic) bond motifs is 1. The number of aryl methyl sites for hydroxylation is 1. The highest BCUT2D eigenvalue weighted by Crippen LogP contribution is 2.35. The number of carbonyl (C=O) groups is 1. The van der Waals surface area contributed by atoms with Gasteiger partial charge in [-0.2, -0.15) is 0 Å². The number of rotatable bonds is 3. The summed E-state index contributed by atoms with van der Waals surface area (Å²) in [6, 6.07) is 20.2. The third-order valence-corrected chi connectivity index (χ3v) is 3.86. The molecular formula is C19H17NO. The summed E-state index contributed by atoms with van der Waals surface area (Å²) < 4.78 is 0. The van der Waals surface area contributed by atoms with Crippen LogP contribution in [0.3, 0.4) is 0 Å². The van der Waals surface area contributed by atoms with E-state index in [0.717, 1.165) is 17.7 Å². The van der Waals surface area contributed by atoms with E-state index in [9.17, 15) is 4.79 Å². The molecule has 3 rings (SSSR count). The zero-order valence-corrected chi connectivity index (χ0v) is 12.2. The van der Waals surface area contributed by atoms with Crippen molar-refractivity contribution in [2.45, 2.75) is 6.92 Å². The molecule has 0 aliphatic rings. The average molecular weight is 275 g/mol. The fourth-order valence-corrected chi connectivity index (χ4v) is 2.82. The van der Waals surface area contributed by atoms with Crippen molar-refractivity contribution in [1.29, 1.82) is 0 Å². The van der Waals surface area contributed by atoms with E-state index < -0.39 is 0 Å². The monoisotopic (exact) mass is 275 g/mol. The molecule has 0 saturated heterocycles. The van der Waals surface area contributed by atoms with Crippen molar-refractivity contribution < 1.29 is 4.79 Å². The van der Waals surface area contributed by atoms with Gasteiger partial charge in [0.1, 0.15) is 0 Å². The Balaban J connectivity index is 2.24. The number of nitrogens with zero attached hydrogens (tertiary/aromatic N) is 1. The smallest absolute Gasteiger partial charge is 0.152 e. The van der Waals surface area contributed by atoms with Crippen molar-refractivity contribution in [2.24, 2.45) is 0 Å². The van der Waals surface area contributed by atoms with E-state index in [2.05, 4.69) is 36.1 Å². The molecular weight excluding hydrogens is 258 g/mol.